The van der Waals surface area contributed by atoms with Gasteiger partial charge < -0.3 is 9.26 Å². The van der Waals surface area contributed by atoms with E-state index in [-0.39, 0.29) is 18.4 Å². The van der Waals surface area contributed by atoms with Gasteiger partial charge in [0.15, 0.2) is 17.8 Å². The first-order chi connectivity index (χ1) is 15.0. The summed E-state index contributed by atoms with van der Waals surface area (Å²) >= 11 is 0. The summed E-state index contributed by atoms with van der Waals surface area (Å²) < 4.78 is 26.6. The van der Waals surface area contributed by atoms with E-state index in [1.54, 1.807) is 10.0 Å². The lowest BCUT2D eigenvalue weighted by Crippen LogP contribution is -2.51. The van der Waals surface area contributed by atoms with Gasteiger partial charge in [-0.3, -0.25) is 4.90 Å². The van der Waals surface area contributed by atoms with Crippen molar-refractivity contribution in [2.24, 2.45) is 4.99 Å². The Bertz CT molecular complexity index is 1170. The van der Waals surface area contributed by atoms with E-state index in [0.717, 1.165) is 23.3 Å². The van der Waals surface area contributed by atoms with Crippen LogP contribution in [0, 0.1) is 11.5 Å². The number of nitrogens with zero attached hydrogens (tertiary/aromatic N) is 8. The lowest BCUT2D eigenvalue weighted by molar-refractivity contribution is -0.0292. The highest BCUT2D eigenvalue weighted by atomic mass is 19.1. The standard InChI is InChI=1S/C20H19FN8O2/c1-20(2)8-7-14(30-20)17-24-19(25-31-17)27-11-23-16-12-5-3-4-6-13(12)28-15(29(16)27)9-26(10-22)18(28)21/h3-6,9,14,18H,7-8,11H2,1-2H3. The summed E-state index contributed by atoms with van der Waals surface area (Å²) in [4.78, 5) is 11.6. The number of hydrogen-bond acceptors (Lipinski definition) is 10. The van der Waals surface area contributed by atoms with Crippen LogP contribution in [0.5, 0.6) is 0 Å². The van der Waals surface area contributed by atoms with Crippen molar-refractivity contribution in [3.05, 3.63) is 47.7 Å². The van der Waals surface area contributed by atoms with Crippen molar-refractivity contribution in [1.82, 2.24) is 20.0 Å². The number of hydrogen-bond donors (Lipinski definition) is 0. The first kappa shape index (κ1) is 18.1. The number of halogens is 1. The van der Waals surface area contributed by atoms with E-state index in [9.17, 15) is 5.26 Å². The van der Waals surface area contributed by atoms with Gasteiger partial charge in [0.25, 0.3) is 18.3 Å². The minimum absolute atomic E-state index is 0.230. The summed E-state index contributed by atoms with van der Waals surface area (Å²) in [6, 6.07) is 7.38. The van der Waals surface area contributed by atoms with Crippen molar-refractivity contribution in [3.8, 4) is 6.19 Å². The van der Waals surface area contributed by atoms with Gasteiger partial charge in [0.1, 0.15) is 12.8 Å². The fourth-order valence-corrected chi connectivity index (χ4v) is 4.41. The normalized spacial score (nSPS) is 25.7. The second-order valence-corrected chi connectivity index (χ2v) is 8.36. The Morgan fingerprint density at radius 3 is 2.90 bits per heavy atom. The average molecular weight is 422 g/mol. The maximum Gasteiger partial charge on any atom is 0.287 e. The van der Waals surface area contributed by atoms with Gasteiger partial charge in [-0.15, -0.1) is 0 Å². The molecule has 0 saturated carbocycles. The molecule has 0 aliphatic carbocycles. The minimum Gasteiger partial charge on any atom is -0.362 e. The zero-order valence-electron chi connectivity index (χ0n) is 16.9. The van der Waals surface area contributed by atoms with Crippen molar-refractivity contribution in [3.63, 3.8) is 0 Å². The number of aromatic nitrogens is 2. The van der Waals surface area contributed by atoms with Crippen molar-refractivity contribution < 1.29 is 13.7 Å². The van der Waals surface area contributed by atoms with Crippen LogP contribution in [-0.2, 0) is 4.74 Å². The maximum atomic E-state index is 15.1. The Balaban J connectivity index is 1.38. The SMILES string of the molecule is CC1(C)CCC(c2nc(N3CN=C4c5ccccc5N5C(=CN(C#N)C5F)N43)no2)O1. The summed E-state index contributed by atoms with van der Waals surface area (Å²) in [6.45, 7) is 4.30. The number of benzene rings is 1. The highest BCUT2D eigenvalue weighted by Gasteiger charge is 2.48. The van der Waals surface area contributed by atoms with Crippen molar-refractivity contribution >= 4 is 17.5 Å². The summed E-state index contributed by atoms with van der Waals surface area (Å²) in [5.41, 5.74) is 1.17. The molecule has 31 heavy (non-hydrogen) atoms. The summed E-state index contributed by atoms with van der Waals surface area (Å²) in [6.07, 6.45) is 3.12. The monoisotopic (exact) mass is 422 g/mol. The molecular formula is C20H19FN8O2. The topological polar surface area (TPSA) is 97.3 Å². The molecule has 6 rings (SSSR count). The molecule has 1 saturated heterocycles. The number of anilines is 2. The molecule has 158 valence electrons. The quantitative estimate of drug-likeness (QED) is 0.534. The zero-order chi connectivity index (χ0) is 21.3. The number of alkyl halides is 1. The van der Waals surface area contributed by atoms with E-state index in [2.05, 4.69) is 15.1 Å². The Kier molecular flexibility index (Phi) is 3.62. The molecule has 0 amide bonds. The van der Waals surface area contributed by atoms with E-state index in [4.69, 9.17) is 9.26 Å². The van der Waals surface area contributed by atoms with Crippen LogP contribution in [-0.4, -0.2) is 44.6 Å². The van der Waals surface area contributed by atoms with E-state index < -0.39 is 6.42 Å². The number of para-hydroxylation sites is 1. The van der Waals surface area contributed by atoms with Crippen LogP contribution < -0.4 is 9.91 Å². The van der Waals surface area contributed by atoms with Crippen LogP contribution in [0.15, 0.2) is 45.8 Å². The lowest BCUT2D eigenvalue weighted by atomic mass is 10.1. The van der Waals surface area contributed by atoms with Gasteiger partial charge in [-0.1, -0.05) is 12.1 Å². The van der Waals surface area contributed by atoms with Crippen LogP contribution in [0.25, 0.3) is 0 Å². The highest BCUT2D eigenvalue weighted by Crippen LogP contribution is 2.43. The smallest absolute Gasteiger partial charge is 0.287 e. The van der Waals surface area contributed by atoms with Crippen LogP contribution in [0.1, 0.15) is 44.2 Å². The van der Waals surface area contributed by atoms with Crippen LogP contribution in [0.2, 0.25) is 0 Å². The van der Waals surface area contributed by atoms with Gasteiger partial charge in [0.2, 0.25) is 0 Å². The molecule has 5 heterocycles. The van der Waals surface area contributed by atoms with E-state index in [1.807, 2.05) is 44.3 Å². The molecule has 2 atom stereocenters. The second kappa shape index (κ2) is 6.18. The predicted molar refractivity (Wildman–Crippen MR) is 107 cm³/mol. The van der Waals surface area contributed by atoms with Crippen molar-refractivity contribution in [2.75, 3.05) is 16.6 Å². The van der Waals surface area contributed by atoms with Gasteiger partial charge >= 0.3 is 0 Å². The molecule has 4 aliphatic rings. The molecular weight excluding hydrogens is 403 g/mol. The fraction of sp³-hybridized carbons (Fsp3) is 0.400. The predicted octanol–water partition coefficient (Wildman–Crippen LogP) is 2.81. The Labute approximate surface area is 177 Å². The lowest BCUT2D eigenvalue weighted by Gasteiger charge is -2.39. The highest BCUT2D eigenvalue weighted by molar-refractivity contribution is 6.09. The first-order valence-electron chi connectivity index (χ1n) is 10.0. The molecule has 2 aromatic rings. The van der Waals surface area contributed by atoms with Gasteiger partial charge in [-0.2, -0.15) is 14.6 Å². The van der Waals surface area contributed by atoms with Crippen LogP contribution >= 0.6 is 0 Å². The molecule has 11 heteroatoms. The fourth-order valence-electron chi connectivity index (χ4n) is 4.41. The van der Waals surface area contributed by atoms with E-state index in [0.29, 0.717) is 29.2 Å². The first-order valence-corrected chi connectivity index (χ1v) is 10.0. The third-order valence-corrected chi connectivity index (χ3v) is 5.88. The molecule has 0 spiro atoms. The maximum absolute atomic E-state index is 15.1. The Hall–Kier alpha value is -3.65. The molecule has 0 bridgehead atoms. The third-order valence-electron chi connectivity index (χ3n) is 5.88. The Morgan fingerprint density at radius 1 is 1.29 bits per heavy atom. The molecule has 10 nitrogen and oxygen atoms in total. The number of amidine groups is 1. The number of nitriles is 1. The van der Waals surface area contributed by atoms with Crippen LogP contribution in [0.4, 0.5) is 16.0 Å². The average Bonchev–Trinajstić information content (AvgIpc) is 3.52. The largest absolute Gasteiger partial charge is 0.362 e. The van der Waals surface area contributed by atoms with E-state index >= 15 is 4.39 Å². The van der Waals surface area contributed by atoms with E-state index in [1.165, 1.54) is 11.1 Å². The Morgan fingerprint density at radius 2 is 2.13 bits per heavy atom. The van der Waals surface area contributed by atoms with Gasteiger partial charge in [-0.05, 0) is 44.0 Å². The van der Waals surface area contributed by atoms with Gasteiger partial charge in [0, 0.05) is 5.56 Å². The molecule has 1 aromatic heterocycles. The molecule has 0 radical (unpaired) electrons. The second-order valence-electron chi connectivity index (χ2n) is 8.36. The summed E-state index contributed by atoms with van der Waals surface area (Å²) in [5.74, 6) is 1.79. The molecule has 2 unspecified atom stereocenters. The van der Waals surface area contributed by atoms with Gasteiger partial charge in [0.05, 0.1) is 17.5 Å². The molecule has 0 N–H and O–H groups in total. The van der Waals surface area contributed by atoms with Crippen molar-refractivity contribution in [1.29, 1.82) is 5.26 Å². The number of ether oxygens (including phenoxy) is 1. The summed E-state index contributed by atoms with van der Waals surface area (Å²) in [5, 5.41) is 16.9. The minimum atomic E-state index is -1.65. The molecule has 1 fully saturated rings. The number of fused-ring (bicyclic) bond motifs is 6. The van der Waals surface area contributed by atoms with Crippen molar-refractivity contribution in [2.45, 2.75) is 44.8 Å². The third kappa shape index (κ3) is 2.55. The number of hydrazine groups is 1. The summed E-state index contributed by atoms with van der Waals surface area (Å²) in [7, 11) is 0. The van der Waals surface area contributed by atoms with Crippen LogP contribution in [0.3, 0.4) is 0 Å². The zero-order valence-corrected chi connectivity index (χ0v) is 16.9. The number of rotatable bonds is 2. The number of aliphatic imine (C=N–C) groups is 1. The molecule has 1 aromatic carbocycles. The molecule has 4 aliphatic heterocycles. The van der Waals surface area contributed by atoms with Gasteiger partial charge in [-0.25, -0.2) is 19.9 Å².